The molecule has 3 rings (SSSR count). The van der Waals surface area contributed by atoms with E-state index in [-0.39, 0.29) is 12.1 Å². The highest BCUT2D eigenvalue weighted by Gasteiger charge is 2.31. The number of ether oxygens (including phenoxy) is 1. The zero-order valence-corrected chi connectivity index (χ0v) is 16.0. The van der Waals surface area contributed by atoms with E-state index in [1.165, 1.54) is 4.70 Å². The Morgan fingerprint density at radius 3 is 2.75 bits per heavy atom. The lowest BCUT2D eigenvalue weighted by Gasteiger charge is -2.37. The summed E-state index contributed by atoms with van der Waals surface area (Å²) in [7, 11) is 0. The second kappa shape index (κ2) is 6.80. The van der Waals surface area contributed by atoms with Gasteiger partial charge in [-0.25, -0.2) is 9.78 Å². The number of nitrogens with zero attached hydrogens (tertiary/aromatic N) is 1. The van der Waals surface area contributed by atoms with Crippen LogP contribution in [0.1, 0.15) is 33.6 Å². The second-order valence-electron chi connectivity index (χ2n) is 7.02. The molecule has 0 atom stereocenters. The Labute approximate surface area is 150 Å². The molecule has 1 aliphatic rings. The lowest BCUT2D eigenvalue weighted by molar-refractivity contribution is 0.0475. The van der Waals surface area contributed by atoms with Gasteiger partial charge in [0.05, 0.1) is 10.2 Å². The summed E-state index contributed by atoms with van der Waals surface area (Å²) in [6.07, 6.45) is 3.54. The maximum absolute atomic E-state index is 11.7. The van der Waals surface area contributed by atoms with Gasteiger partial charge in [0.15, 0.2) is 4.34 Å². The van der Waals surface area contributed by atoms with E-state index in [2.05, 4.69) is 33.8 Å². The summed E-state index contributed by atoms with van der Waals surface area (Å²) >= 11 is 3.39. The Morgan fingerprint density at radius 2 is 2.08 bits per heavy atom. The lowest BCUT2D eigenvalue weighted by atomic mass is 9.86. The number of nitrogens with one attached hydrogen (secondary N) is 2. The minimum Gasteiger partial charge on any atom is -0.444 e. The third-order valence-electron chi connectivity index (χ3n) is 3.77. The van der Waals surface area contributed by atoms with Crippen LogP contribution in [0.15, 0.2) is 22.5 Å². The SMILES string of the molecule is CSc1nc2ccc(NC3CC(NC(=O)OC(C)(C)C)C3)cc2s1. The van der Waals surface area contributed by atoms with E-state index in [0.29, 0.717) is 6.04 Å². The standard InChI is InChI=1S/C17H23N3O2S2/c1-17(2,3)22-15(21)19-12-7-11(8-12)18-10-5-6-13-14(9-10)24-16(20-13)23-4/h5-6,9,11-12,18H,7-8H2,1-4H3,(H,19,21). The zero-order valence-electron chi connectivity index (χ0n) is 14.4. The van der Waals surface area contributed by atoms with Crippen molar-refractivity contribution in [3.63, 3.8) is 0 Å². The van der Waals surface area contributed by atoms with Crippen LogP contribution in [-0.4, -0.2) is 35.0 Å². The quantitative estimate of drug-likeness (QED) is 0.782. The van der Waals surface area contributed by atoms with Crippen molar-refractivity contribution in [2.75, 3.05) is 11.6 Å². The summed E-state index contributed by atoms with van der Waals surface area (Å²) in [5, 5.41) is 6.45. The number of benzene rings is 1. The first-order valence-electron chi connectivity index (χ1n) is 8.03. The number of thioether (sulfide) groups is 1. The van der Waals surface area contributed by atoms with Gasteiger partial charge >= 0.3 is 6.09 Å². The molecule has 2 N–H and O–H groups in total. The molecule has 24 heavy (non-hydrogen) atoms. The maximum Gasteiger partial charge on any atom is 0.407 e. The van der Waals surface area contributed by atoms with Crippen molar-refractivity contribution in [3.8, 4) is 0 Å². The molecule has 130 valence electrons. The monoisotopic (exact) mass is 365 g/mol. The highest BCUT2D eigenvalue weighted by molar-refractivity contribution is 8.00. The van der Waals surface area contributed by atoms with Crippen LogP contribution in [-0.2, 0) is 4.74 Å². The van der Waals surface area contributed by atoms with Gasteiger partial charge in [-0.1, -0.05) is 11.8 Å². The van der Waals surface area contributed by atoms with E-state index in [4.69, 9.17) is 4.74 Å². The molecule has 1 aliphatic carbocycles. The van der Waals surface area contributed by atoms with Crippen molar-refractivity contribution in [2.45, 2.75) is 55.6 Å². The third-order valence-corrected chi connectivity index (χ3v) is 5.78. The normalized spacial score (nSPS) is 20.5. The number of carbonyl (C=O) groups is 1. The van der Waals surface area contributed by atoms with Crippen LogP contribution in [0.4, 0.5) is 10.5 Å². The number of amides is 1. The number of carbonyl (C=O) groups excluding carboxylic acids is 1. The van der Waals surface area contributed by atoms with E-state index in [1.54, 1.807) is 23.1 Å². The molecule has 1 aromatic heterocycles. The van der Waals surface area contributed by atoms with Crippen molar-refractivity contribution < 1.29 is 9.53 Å². The Hall–Kier alpha value is -1.47. The smallest absolute Gasteiger partial charge is 0.407 e. The Kier molecular flexibility index (Phi) is 4.92. The van der Waals surface area contributed by atoms with Gasteiger partial charge < -0.3 is 15.4 Å². The first-order chi connectivity index (χ1) is 11.3. The van der Waals surface area contributed by atoms with Crippen molar-refractivity contribution in [1.82, 2.24) is 10.3 Å². The van der Waals surface area contributed by atoms with Crippen LogP contribution < -0.4 is 10.6 Å². The molecule has 1 heterocycles. The topological polar surface area (TPSA) is 63.2 Å². The number of hydrogen-bond acceptors (Lipinski definition) is 6. The number of fused-ring (bicyclic) bond motifs is 1. The predicted molar refractivity (Wildman–Crippen MR) is 101 cm³/mol. The summed E-state index contributed by atoms with van der Waals surface area (Å²) < 4.78 is 7.57. The molecule has 1 amide bonds. The maximum atomic E-state index is 11.7. The van der Waals surface area contributed by atoms with E-state index in [9.17, 15) is 4.79 Å². The summed E-state index contributed by atoms with van der Waals surface area (Å²) in [4.78, 5) is 16.3. The van der Waals surface area contributed by atoms with E-state index < -0.39 is 5.60 Å². The summed E-state index contributed by atoms with van der Waals surface area (Å²) in [6.45, 7) is 5.61. The van der Waals surface area contributed by atoms with Crippen molar-refractivity contribution >= 4 is 45.1 Å². The molecule has 0 spiro atoms. The predicted octanol–water partition coefficient (Wildman–Crippen LogP) is 4.49. The molecule has 5 nitrogen and oxygen atoms in total. The van der Waals surface area contributed by atoms with Crippen molar-refractivity contribution in [3.05, 3.63) is 18.2 Å². The molecule has 0 bridgehead atoms. The van der Waals surface area contributed by atoms with Crippen LogP contribution in [0.5, 0.6) is 0 Å². The van der Waals surface area contributed by atoms with Crippen LogP contribution in [0.25, 0.3) is 10.2 Å². The molecule has 0 aliphatic heterocycles. The van der Waals surface area contributed by atoms with Crippen LogP contribution in [0.3, 0.4) is 0 Å². The average molecular weight is 366 g/mol. The van der Waals surface area contributed by atoms with E-state index in [0.717, 1.165) is 28.4 Å². The molecule has 2 aromatic rings. The number of rotatable bonds is 4. The van der Waals surface area contributed by atoms with Gasteiger partial charge in [0.2, 0.25) is 0 Å². The molecular formula is C17H23N3O2S2. The van der Waals surface area contributed by atoms with Gasteiger partial charge in [-0.15, -0.1) is 11.3 Å². The molecular weight excluding hydrogens is 342 g/mol. The Bertz CT molecular complexity index is 733. The summed E-state index contributed by atoms with van der Waals surface area (Å²) in [5.41, 5.74) is 1.71. The zero-order chi connectivity index (χ0) is 17.3. The molecule has 1 saturated carbocycles. The van der Waals surface area contributed by atoms with Crippen LogP contribution in [0.2, 0.25) is 0 Å². The molecule has 0 unspecified atom stereocenters. The number of aromatic nitrogens is 1. The summed E-state index contributed by atoms with van der Waals surface area (Å²) in [6, 6.07) is 6.85. The molecule has 7 heteroatoms. The van der Waals surface area contributed by atoms with Crippen molar-refractivity contribution in [2.24, 2.45) is 0 Å². The first kappa shape index (κ1) is 17.4. The van der Waals surface area contributed by atoms with Crippen molar-refractivity contribution in [1.29, 1.82) is 0 Å². The molecule has 0 saturated heterocycles. The molecule has 0 radical (unpaired) electrons. The summed E-state index contributed by atoms with van der Waals surface area (Å²) in [5.74, 6) is 0. The number of alkyl carbamates (subject to hydrolysis) is 1. The number of anilines is 1. The minimum absolute atomic E-state index is 0.188. The first-order valence-corrected chi connectivity index (χ1v) is 10.1. The van der Waals surface area contributed by atoms with Gasteiger partial charge in [-0.3, -0.25) is 0 Å². The van der Waals surface area contributed by atoms with Gasteiger partial charge in [0, 0.05) is 17.8 Å². The Morgan fingerprint density at radius 1 is 1.33 bits per heavy atom. The van der Waals surface area contributed by atoms with Crippen LogP contribution >= 0.6 is 23.1 Å². The Balaban J connectivity index is 1.49. The van der Waals surface area contributed by atoms with E-state index in [1.807, 2.05) is 27.0 Å². The fourth-order valence-electron chi connectivity index (χ4n) is 2.64. The second-order valence-corrected chi connectivity index (χ2v) is 9.11. The number of hydrogen-bond donors (Lipinski definition) is 2. The minimum atomic E-state index is -0.453. The average Bonchev–Trinajstić information content (AvgIpc) is 2.85. The van der Waals surface area contributed by atoms with Gasteiger partial charge in [-0.05, 0) is 58.1 Å². The van der Waals surface area contributed by atoms with Crippen LogP contribution in [0, 0.1) is 0 Å². The highest BCUT2D eigenvalue weighted by atomic mass is 32.2. The van der Waals surface area contributed by atoms with Gasteiger partial charge in [0.1, 0.15) is 5.60 Å². The third kappa shape index (κ3) is 4.33. The number of thiazole rings is 1. The van der Waals surface area contributed by atoms with Gasteiger partial charge in [-0.2, -0.15) is 0 Å². The highest BCUT2D eigenvalue weighted by Crippen LogP contribution is 2.31. The molecule has 1 aromatic carbocycles. The largest absolute Gasteiger partial charge is 0.444 e. The molecule has 1 fully saturated rings. The van der Waals surface area contributed by atoms with E-state index >= 15 is 0 Å². The fourth-order valence-corrected chi connectivity index (χ4v) is 4.17. The van der Waals surface area contributed by atoms with Gasteiger partial charge in [0.25, 0.3) is 0 Å². The fraction of sp³-hybridized carbons (Fsp3) is 0.529. The lowest BCUT2D eigenvalue weighted by Crippen LogP contribution is -2.50.